The maximum absolute atomic E-state index is 12.3. The van der Waals surface area contributed by atoms with E-state index in [1.54, 1.807) is 0 Å². The minimum Gasteiger partial charge on any atom is -0.484 e. The van der Waals surface area contributed by atoms with Crippen molar-refractivity contribution in [1.29, 1.82) is 0 Å². The molecule has 4 heteroatoms. The van der Waals surface area contributed by atoms with Gasteiger partial charge in [0.1, 0.15) is 5.75 Å². The molecule has 152 valence electrons. The van der Waals surface area contributed by atoms with Crippen molar-refractivity contribution in [1.82, 2.24) is 10.2 Å². The Morgan fingerprint density at radius 1 is 1.00 bits per heavy atom. The SMILES string of the molecule is CCN(CC)C(CNC(=O)COc1ccc(C(C)(C)C)cc1)c1ccccc1. The zero-order valence-electron chi connectivity index (χ0n) is 17.9. The van der Waals surface area contributed by atoms with Crippen LogP contribution in [-0.2, 0) is 10.2 Å². The molecule has 0 aliphatic heterocycles. The van der Waals surface area contributed by atoms with E-state index in [1.165, 1.54) is 11.1 Å². The van der Waals surface area contributed by atoms with Crippen molar-refractivity contribution >= 4 is 5.91 Å². The molecule has 1 amide bonds. The molecule has 0 spiro atoms. The summed E-state index contributed by atoms with van der Waals surface area (Å²) in [6.07, 6.45) is 0. The van der Waals surface area contributed by atoms with Crippen LogP contribution in [0.5, 0.6) is 5.75 Å². The van der Waals surface area contributed by atoms with Crippen molar-refractivity contribution in [3.8, 4) is 5.75 Å². The van der Waals surface area contributed by atoms with Crippen molar-refractivity contribution in [2.45, 2.75) is 46.1 Å². The van der Waals surface area contributed by atoms with Gasteiger partial charge in [-0.25, -0.2) is 0 Å². The number of amides is 1. The van der Waals surface area contributed by atoms with Crippen molar-refractivity contribution in [3.63, 3.8) is 0 Å². The largest absolute Gasteiger partial charge is 0.484 e. The second-order valence-electron chi connectivity index (χ2n) is 8.01. The van der Waals surface area contributed by atoms with Crippen molar-refractivity contribution in [2.75, 3.05) is 26.2 Å². The predicted octanol–water partition coefficient (Wildman–Crippen LogP) is 4.56. The first-order valence-corrected chi connectivity index (χ1v) is 10.1. The summed E-state index contributed by atoms with van der Waals surface area (Å²) < 4.78 is 5.66. The van der Waals surface area contributed by atoms with Gasteiger partial charge in [0, 0.05) is 6.54 Å². The molecule has 2 aromatic carbocycles. The molecule has 0 bridgehead atoms. The van der Waals surface area contributed by atoms with Crippen LogP contribution in [0, 0.1) is 0 Å². The Hall–Kier alpha value is -2.33. The maximum atomic E-state index is 12.3. The van der Waals surface area contributed by atoms with E-state index < -0.39 is 0 Å². The summed E-state index contributed by atoms with van der Waals surface area (Å²) in [7, 11) is 0. The summed E-state index contributed by atoms with van der Waals surface area (Å²) in [5.41, 5.74) is 2.56. The lowest BCUT2D eigenvalue weighted by atomic mass is 9.87. The summed E-state index contributed by atoms with van der Waals surface area (Å²) in [5.74, 6) is 0.611. The Balaban J connectivity index is 1.90. The molecule has 0 aromatic heterocycles. The summed E-state index contributed by atoms with van der Waals surface area (Å²) in [5, 5.41) is 3.03. The smallest absolute Gasteiger partial charge is 0.258 e. The van der Waals surface area contributed by atoms with Crippen LogP contribution in [0.1, 0.15) is 51.8 Å². The molecule has 0 saturated heterocycles. The minimum atomic E-state index is -0.104. The predicted molar refractivity (Wildman–Crippen MR) is 116 cm³/mol. The van der Waals surface area contributed by atoms with Crippen LogP contribution in [0.4, 0.5) is 0 Å². The summed E-state index contributed by atoms with van der Waals surface area (Å²) in [6.45, 7) is 13.3. The highest BCUT2D eigenvalue weighted by atomic mass is 16.5. The zero-order chi connectivity index (χ0) is 20.6. The average molecular weight is 383 g/mol. The van der Waals surface area contributed by atoms with Crippen LogP contribution in [0.3, 0.4) is 0 Å². The summed E-state index contributed by atoms with van der Waals surface area (Å²) in [6, 6.07) is 18.4. The van der Waals surface area contributed by atoms with Gasteiger partial charge < -0.3 is 10.1 Å². The van der Waals surface area contributed by atoms with Gasteiger partial charge in [-0.3, -0.25) is 9.69 Å². The van der Waals surface area contributed by atoms with Gasteiger partial charge in [0.25, 0.3) is 5.91 Å². The molecule has 0 radical (unpaired) electrons. The molecule has 0 aliphatic rings. The van der Waals surface area contributed by atoms with Gasteiger partial charge in [-0.1, -0.05) is 77.1 Å². The maximum Gasteiger partial charge on any atom is 0.258 e. The van der Waals surface area contributed by atoms with E-state index in [9.17, 15) is 4.79 Å². The Labute approximate surface area is 169 Å². The highest BCUT2D eigenvalue weighted by Crippen LogP contribution is 2.24. The van der Waals surface area contributed by atoms with E-state index in [2.05, 4.69) is 69.1 Å². The molecular weight excluding hydrogens is 348 g/mol. The molecule has 0 heterocycles. The van der Waals surface area contributed by atoms with E-state index in [4.69, 9.17) is 4.74 Å². The highest BCUT2D eigenvalue weighted by molar-refractivity contribution is 5.77. The second kappa shape index (κ2) is 10.3. The lowest BCUT2D eigenvalue weighted by Gasteiger charge is -2.30. The third-order valence-electron chi connectivity index (χ3n) is 5.02. The Morgan fingerprint density at radius 2 is 1.61 bits per heavy atom. The number of carbonyl (C=O) groups is 1. The second-order valence-corrected chi connectivity index (χ2v) is 8.01. The van der Waals surface area contributed by atoms with Gasteiger partial charge in [-0.2, -0.15) is 0 Å². The van der Waals surface area contributed by atoms with Gasteiger partial charge in [0.15, 0.2) is 6.61 Å². The number of rotatable bonds is 9. The number of benzene rings is 2. The molecule has 1 atom stereocenters. The fraction of sp³-hybridized carbons (Fsp3) is 0.458. The van der Waals surface area contributed by atoms with Crippen LogP contribution in [0.15, 0.2) is 54.6 Å². The summed E-state index contributed by atoms with van der Waals surface area (Å²) >= 11 is 0. The third kappa shape index (κ3) is 6.38. The molecule has 1 unspecified atom stereocenters. The molecule has 0 fully saturated rings. The molecule has 2 rings (SSSR count). The van der Waals surface area contributed by atoms with Crippen LogP contribution in [-0.4, -0.2) is 37.0 Å². The number of hydrogen-bond acceptors (Lipinski definition) is 3. The van der Waals surface area contributed by atoms with E-state index in [0.29, 0.717) is 12.3 Å². The Kier molecular flexibility index (Phi) is 8.06. The molecule has 1 N–H and O–H groups in total. The normalized spacial score (nSPS) is 12.6. The monoisotopic (exact) mass is 382 g/mol. The fourth-order valence-electron chi connectivity index (χ4n) is 3.26. The first-order chi connectivity index (χ1) is 13.3. The number of nitrogens with one attached hydrogen (secondary N) is 1. The highest BCUT2D eigenvalue weighted by Gasteiger charge is 2.19. The lowest BCUT2D eigenvalue weighted by molar-refractivity contribution is -0.123. The summed E-state index contributed by atoms with van der Waals surface area (Å²) in [4.78, 5) is 14.7. The van der Waals surface area contributed by atoms with Gasteiger partial charge >= 0.3 is 0 Å². The van der Waals surface area contributed by atoms with E-state index in [1.807, 2.05) is 30.3 Å². The molecular formula is C24H34N2O2. The van der Waals surface area contributed by atoms with Crippen molar-refractivity contribution < 1.29 is 9.53 Å². The van der Waals surface area contributed by atoms with Crippen molar-refractivity contribution in [2.24, 2.45) is 0 Å². The van der Waals surface area contributed by atoms with Gasteiger partial charge in [-0.05, 0) is 41.8 Å². The number of nitrogens with zero attached hydrogens (tertiary/aromatic N) is 1. The molecule has 0 aliphatic carbocycles. The lowest BCUT2D eigenvalue weighted by Crippen LogP contribution is -2.39. The van der Waals surface area contributed by atoms with Gasteiger partial charge in [-0.15, -0.1) is 0 Å². The zero-order valence-corrected chi connectivity index (χ0v) is 17.9. The van der Waals surface area contributed by atoms with E-state index in [-0.39, 0.29) is 24.0 Å². The van der Waals surface area contributed by atoms with Gasteiger partial charge in [0.2, 0.25) is 0 Å². The quantitative estimate of drug-likeness (QED) is 0.691. The van der Waals surface area contributed by atoms with Crippen molar-refractivity contribution in [3.05, 3.63) is 65.7 Å². The van der Waals surface area contributed by atoms with E-state index in [0.717, 1.165) is 13.1 Å². The molecule has 2 aromatic rings. The number of hydrogen-bond donors (Lipinski definition) is 1. The van der Waals surface area contributed by atoms with Crippen LogP contribution in [0.2, 0.25) is 0 Å². The van der Waals surface area contributed by atoms with Crippen LogP contribution < -0.4 is 10.1 Å². The van der Waals surface area contributed by atoms with Gasteiger partial charge in [0.05, 0.1) is 6.04 Å². The molecule has 28 heavy (non-hydrogen) atoms. The average Bonchev–Trinajstić information content (AvgIpc) is 2.70. The first kappa shape index (κ1) is 22.0. The number of likely N-dealkylation sites (N-methyl/N-ethyl adjacent to an activating group) is 1. The number of carbonyl (C=O) groups excluding carboxylic acids is 1. The topological polar surface area (TPSA) is 41.6 Å². The minimum absolute atomic E-state index is 0.0224. The molecule has 0 saturated carbocycles. The third-order valence-corrected chi connectivity index (χ3v) is 5.02. The molecule has 4 nitrogen and oxygen atoms in total. The Bertz CT molecular complexity index is 717. The first-order valence-electron chi connectivity index (χ1n) is 10.1. The van der Waals surface area contributed by atoms with E-state index >= 15 is 0 Å². The number of ether oxygens (including phenoxy) is 1. The fourth-order valence-corrected chi connectivity index (χ4v) is 3.26. The Morgan fingerprint density at radius 3 is 2.14 bits per heavy atom. The standard InChI is InChI=1S/C24H34N2O2/c1-6-26(7-2)22(19-11-9-8-10-12-19)17-25-23(27)18-28-21-15-13-20(14-16-21)24(3,4)5/h8-16,22H,6-7,17-18H2,1-5H3,(H,25,27). The van der Waals surface area contributed by atoms with Crippen LogP contribution >= 0.6 is 0 Å². The van der Waals surface area contributed by atoms with Crippen LogP contribution in [0.25, 0.3) is 0 Å².